The molecule has 0 radical (unpaired) electrons. The molecule has 1 heterocycles. The van der Waals surface area contributed by atoms with Crippen LogP contribution in [0.15, 0.2) is 18.3 Å². The van der Waals surface area contributed by atoms with E-state index >= 15 is 0 Å². The van der Waals surface area contributed by atoms with Gasteiger partial charge in [-0.25, -0.2) is 9.78 Å². The first-order chi connectivity index (χ1) is 9.30. The normalized spacial score (nSPS) is 10.6. The van der Waals surface area contributed by atoms with E-state index in [-0.39, 0.29) is 18.0 Å². The zero-order valence-corrected chi connectivity index (χ0v) is 12.1. The molecular formula is C13H20N4O3. The second-order valence-corrected chi connectivity index (χ2v) is 5.20. The van der Waals surface area contributed by atoms with Gasteiger partial charge in [0.25, 0.3) is 0 Å². The predicted octanol–water partition coefficient (Wildman–Crippen LogP) is 1.13. The molecule has 0 saturated carbocycles. The zero-order chi connectivity index (χ0) is 15.2. The van der Waals surface area contributed by atoms with Gasteiger partial charge >= 0.3 is 6.03 Å². The second kappa shape index (κ2) is 6.74. The number of methoxy groups -OCH3 is 1. The molecule has 0 spiro atoms. The summed E-state index contributed by atoms with van der Waals surface area (Å²) in [5.41, 5.74) is 0.189. The monoisotopic (exact) mass is 280 g/mol. The molecule has 1 rings (SSSR count). The first kappa shape index (κ1) is 15.7. The molecule has 110 valence electrons. The summed E-state index contributed by atoms with van der Waals surface area (Å²) in [5, 5.41) is 7.77. The van der Waals surface area contributed by atoms with Crippen molar-refractivity contribution in [2.24, 2.45) is 0 Å². The Bertz CT molecular complexity index is 465. The van der Waals surface area contributed by atoms with Gasteiger partial charge in [0.2, 0.25) is 11.8 Å². The van der Waals surface area contributed by atoms with E-state index in [0.717, 1.165) is 0 Å². The van der Waals surface area contributed by atoms with Crippen molar-refractivity contribution in [2.45, 2.75) is 26.3 Å². The number of carbonyl (C=O) groups is 2. The average Bonchev–Trinajstić information content (AvgIpc) is 2.35. The van der Waals surface area contributed by atoms with E-state index in [2.05, 4.69) is 20.9 Å². The number of hydrogen-bond donors (Lipinski definition) is 3. The van der Waals surface area contributed by atoms with Crippen LogP contribution in [-0.4, -0.2) is 36.1 Å². The van der Waals surface area contributed by atoms with E-state index in [1.54, 1.807) is 12.1 Å². The number of carbonyl (C=O) groups excluding carboxylic acids is 2. The summed E-state index contributed by atoms with van der Waals surface area (Å²) in [6, 6.07) is 2.81. The lowest BCUT2D eigenvalue weighted by atomic mass is 10.1. The molecule has 7 heteroatoms. The third-order valence-electron chi connectivity index (χ3n) is 2.13. The van der Waals surface area contributed by atoms with E-state index < -0.39 is 6.03 Å². The number of anilines is 1. The van der Waals surface area contributed by atoms with Gasteiger partial charge in [-0.3, -0.25) is 4.79 Å². The fourth-order valence-corrected chi connectivity index (χ4v) is 1.37. The molecule has 0 aliphatic heterocycles. The molecule has 0 aliphatic rings. The number of nitrogens with zero attached hydrogens (tertiary/aromatic N) is 1. The quantitative estimate of drug-likeness (QED) is 0.770. The summed E-state index contributed by atoms with van der Waals surface area (Å²) >= 11 is 0. The van der Waals surface area contributed by atoms with E-state index in [4.69, 9.17) is 4.74 Å². The van der Waals surface area contributed by atoms with Gasteiger partial charge in [-0.1, -0.05) is 0 Å². The Kier molecular flexibility index (Phi) is 5.31. The molecule has 7 nitrogen and oxygen atoms in total. The SMILES string of the molecule is COc1ccc(NC(=O)NCC(=O)NC(C)(C)C)cn1. The van der Waals surface area contributed by atoms with Gasteiger partial charge in [-0.05, 0) is 26.8 Å². The van der Waals surface area contributed by atoms with Crippen molar-refractivity contribution in [3.8, 4) is 5.88 Å². The second-order valence-electron chi connectivity index (χ2n) is 5.20. The maximum atomic E-state index is 11.6. The lowest BCUT2D eigenvalue weighted by Gasteiger charge is -2.20. The topological polar surface area (TPSA) is 92.4 Å². The van der Waals surface area contributed by atoms with Crippen molar-refractivity contribution >= 4 is 17.6 Å². The molecule has 0 aromatic carbocycles. The number of pyridine rings is 1. The highest BCUT2D eigenvalue weighted by Crippen LogP contribution is 2.10. The van der Waals surface area contributed by atoms with Gasteiger partial charge in [-0.2, -0.15) is 0 Å². The lowest BCUT2D eigenvalue weighted by molar-refractivity contribution is -0.121. The van der Waals surface area contributed by atoms with Gasteiger partial charge in [0, 0.05) is 11.6 Å². The highest BCUT2D eigenvalue weighted by molar-refractivity contribution is 5.92. The summed E-state index contributed by atoms with van der Waals surface area (Å²) < 4.78 is 4.91. The minimum Gasteiger partial charge on any atom is -0.481 e. The van der Waals surface area contributed by atoms with Crippen LogP contribution in [0.3, 0.4) is 0 Å². The van der Waals surface area contributed by atoms with Crippen LogP contribution in [-0.2, 0) is 4.79 Å². The Morgan fingerprint density at radius 2 is 2.00 bits per heavy atom. The molecule has 0 atom stereocenters. The molecule has 0 unspecified atom stereocenters. The zero-order valence-electron chi connectivity index (χ0n) is 12.1. The number of urea groups is 1. The maximum Gasteiger partial charge on any atom is 0.319 e. The van der Waals surface area contributed by atoms with Crippen LogP contribution in [0.2, 0.25) is 0 Å². The number of amides is 3. The summed E-state index contributed by atoms with van der Waals surface area (Å²) in [6.45, 7) is 5.52. The molecule has 0 bridgehead atoms. The average molecular weight is 280 g/mol. The van der Waals surface area contributed by atoms with Crippen LogP contribution < -0.4 is 20.7 Å². The van der Waals surface area contributed by atoms with Crippen LogP contribution in [0.5, 0.6) is 5.88 Å². The van der Waals surface area contributed by atoms with Crippen LogP contribution in [0.4, 0.5) is 10.5 Å². The Hall–Kier alpha value is -2.31. The smallest absolute Gasteiger partial charge is 0.319 e. The van der Waals surface area contributed by atoms with Crippen LogP contribution in [0.25, 0.3) is 0 Å². The van der Waals surface area contributed by atoms with Gasteiger partial charge < -0.3 is 20.7 Å². The molecule has 0 fully saturated rings. The highest BCUT2D eigenvalue weighted by Gasteiger charge is 2.14. The van der Waals surface area contributed by atoms with Gasteiger partial charge in [0.1, 0.15) is 0 Å². The van der Waals surface area contributed by atoms with Crippen molar-refractivity contribution in [1.29, 1.82) is 0 Å². The first-order valence-electron chi connectivity index (χ1n) is 6.16. The highest BCUT2D eigenvalue weighted by atomic mass is 16.5. The van der Waals surface area contributed by atoms with E-state index in [0.29, 0.717) is 11.6 Å². The van der Waals surface area contributed by atoms with Crippen molar-refractivity contribution in [1.82, 2.24) is 15.6 Å². The van der Waals surface area contributed by atoms with E-state index in [9.17, 15) is 9.59 Å². The van der Waals surface area contributed by atoms with Crippen LogP contribution in [0.1, 0.15) is 20.8 Å². The fraction of sp³-hybridized carbons (Fsp3) is 0.462. The first-order valence-corrected chi connectivity index (χ1v) is 6.16. The maximum absolute atomic E-state index is 11.6. The fourth-order valence-electron chi connectivity index (χ4n) is 1.37. The van der Waals surface area contributed by atoms with Crippen LogP contribution >= 0.6 is 0 Å². The van der Waals surface area contributed by atoms with Gasteiger partial charge in [-0.15, -0.1) is 0 Å². The number of ether oxygens (including phenoxy) is 1. The van der Waals surface area contributed by atoms with Crippen LogP contribution in [0, 0.1) is 0 Å². The third-order valence-corrected chi connectivity index (χ3v) is 2.13. The molecule has 0 saturated heterocycles. The number of aromatic nitrogens is 1. The number of rotatable bonds is 4. The predicted molar refractivity (Wildman–Crippen MR) is 75.7 cm³/mol. The van der Waals surface area contributed by atoms with Crippen molar-refractivity contribution in [3.63, 3.8) is 0 Å². The number of hydrogen-bond acceptors (Lipinski definition) is 4. The van der Waals surface area contributed by atoms with Gasteiger partial charge in [0.05, 0.1) is 25.5 Å². The Morgan fingerprint density at radius 1 is 1.30 bits per heavy atom. The summed E-state index contributed by atoms with van der Waals surface area (Å²) in [4.78, 5) is 27.0. The molecule has 0 aliphatic carbocycles. The molecule has 3 N–H and O–H groups in total. The molecule has 1 aromatic heterocycles. The Balaban J connectivity index is 2.38. The summed E-state index contributed by atoms with van der Waals surface area (Å²) in [5.74, 6) is 0.209. The minimum atomic E-state index is -0.471. The standard InChI is InChI=1S/C13H20N4O3/c1-13(2,3)17-10(18)8-15-12(19)16-9-5-6-11(20-4)14-7-9/h5-7H,8H2,1-4H3,(H,17,18)(H2,15,16,19). The minimum absolute atomic E-state index is 0.0906. The molecule has 1 aromatic rings. The van der Waals surface area contributed by atoms with E-state index in [1.807, 2.05) is 20.8 Å². The van der Waals surface area contributed by atoms with Crippen molar-refractivity contribution in [2.75, 3.05) is 19.0 Å². The largest absolute Gasteiger partial charge is 0.481 e. The van der Waals surface area contributed by atoms with Crippen molar-refractivity contribution < 1.29 is 14.3 Å². The molecule has 3 amide bonds. The number of nitrogens with one attached hydrogen (secondary N) is 3. The van der Waals surface area contributed by atoms with Crippen molar-refractivity contribution in [3.05, 3.63) is 18.3 Å². The van der Waals surface area contributed by atoms with E-state index in [1.165, 1.54) is 13.3 Å². The molecule has 20 heavy (non-hydrogen) atoms. The lowest BCUT2D eigenvalue weighted by Crippen LogP contribution is -2.46. The Morgan fingerprint density at radius 3 is 2.50 bits per heavy atom. The third kappa shape index (κ3) is 6.03. The summed E-state index contributed by atoms with van der Waals surface area (Å²) in [6.07, 6.45) is 1.47. The van der Waals surface area contributed by atoms with Gasteiger partial charge in [0.15, 0.2) is 0 Å². The molecular weight excluding hydrogens is 260 g/mol. The summed E-state index contributed by atoms with van der Waals surface area (Å²) in [7, 11) is 1.51. The Labute approximate surface area is 118 Å².